The monoisotopic (exact) mass is 497 g/mol. The highest BCUT2D eigenvalue weighted by Crippen LogP contribution is 2.31. The molecule has 0 unspecified atom stereocenters. The number of fused-ring (bicyclic) bond motifs is 1. The van der Waals surface area contributed by atoms with E-state index in [1.807, 2.05) is 60.0 Å². The fourth-order valence-corrected chi connectivity index (χ4v) is 4.70. The molecule has 1 amide bonds. The van der Waals surface area contributed by atoms with Crippen LogP contribution >= 0.6 is 38.6 Å². The van der Waals surface area contributed by atoms with Gasteiger partial charge in [-0.15, -0.1) is 11.3 Å². The number of carbonyl (C=O) groups is 1. The summed E-state index contributed by atoms with van der Waals surface area (Å²) in [5, 5.41) is 8.25. The number of nitrogens with zero attached hydrogens (tertiary/aromatic N) is 3. The first kappa shape index (κ1) is 20.5. The summed E-state index contributed by atoms with van der Waals surface area (Å²) in [5.74, 6) is 0.488. The van der Waals surface area contributed by atoms with Gasteiger partial charge in [-0.2, -0.15) is 10.1 Å². The van der Waals surface area contributed by atoms with Gasteiger partial charge in [0.25, 0.3) is 5.91 Å². The third-order valence-electron chi connectivity index (χ3n) is 4.10. The van der Waals surface area contributed by atoms with Crippen molar-refractivity contribution in [2.45, 2.75) is 0 Å². The molecule has 2 heterocycles. The summed E-state index contributed by atoms with van der Waals surface area (Å²) in [6.07, 6.45) is 4.93. The number of anilines is 1. The van der Waals surface area contributed by atoms with E-state index in [0.29, 0.717) is 5.13 Å². The fraction of sp³-hybridized carbons (Fsp3) is 0.0455. The van der Waals surface area contributed by atoms with Crippen LogP contribution in [-0.2, 0) is 4.79 Å². The molecule has 0 bridgehead atoms. The lowest BCUT2D eigenvalue weighted by molar-refractivity contribution is -0.114. The smallest absolute Gasteiger partial charge is 0.273 e. The third-order valence-corrected chi connectivity index (χ3v) is 6.43. The minimum absolute atomic E-state index is 0.272. The molecule has 0 N–H and O–H groups in total. The quantitative estimate of drug-likeness (QED) is 0.181. The molecule has 4 aromatic rings. The number of aromatic nitrogens is 1. The van der Waals surface area contributed by atoms with Gasteiger partial charge in [-0.3, -0.25) is 4.79 Å². The molecule has 30 heavy (non-hydrogen) atoms. The average Bonchev–Trinajstić information content (AvgIpc) is 3.42. The SMILES string of the molecule is COc1ccc(/C=N/N(C(=O)/C=C/c2cccs2)c2nc3ccc(Br)cc3s2)cc1. The molecule has 0 saturated carbocycles. The van der Waals surface area contributed by atoms with E-state index in [9.17, 15) is 4.79 Å². The molecule has 0 fully saturated rings. The molecule has 0 saturated heterocycles. The van der Waals surface area contributed by atoms with Gasteiger partial charge in [-0.25, -0.2) is 4.98 Å². The molecule has 2 aromatic carbocycles. The van der Waals surface area contributed by atoms with Gasteiger partial charge in [0.05, 0.1) is 23.5 Å². The number of methoxy groups -OCH3 is 1. The normalized spacial score (nSPS) is 11.5. The van der Waals surface area contributed by atoms with Gasteiger partial charge in [-0.05, 0) is 65.6 Å². The van der Waals surface area contributed by atoms with Crippen LogP contribution in [0.2, 0.25) is 0 Å². The largest absolute Gasteiger partial charge is 0.497 e. The summed E-state index contributed by atoms with van der Waals surface area (Å²) < 4.78 is 7.12. The topological polar surface area (TPSA) is 54.8 Å². The van der Waals surface area contributed by atoms with Gasteiger partial charge < -0.3 is 4.74 Å². The highest BCUT2D eigenvalue weighted by molar-refractivity contribution is 9.10. The molecule has 8 heteroatoms. The number of hydrogen-bond donors (Lipinski definition) is 0. The van der Waals surface area contributed by atoms with Crippen LogP contribution in [0.1, 0.15) is 10.4 Å². The number of hydrogen-bond acceptors (Lipinski definition) is 6. The summed E-state index contributed by atoms with van der Waals surface area (Å²) in [5.41, 5.74) is 1.66. The highest BCUT2D eigenvalue weighted by atomic mass is 79.9. The minimum Gasteiger partial charge on any atom is -0.497 e. The maximum atomic E-state index is 13.0. The van der Waals surface area contributed by atoms with E-state index >= 15 is 0 Å². The first-order valence-corrected chi connectivity index (χ1v) is 11.4. The second kappa shape index (κ2) is 9.34. The van der Waals surface area contributed by atoms with Crippen LogP contribution in [0.3, 0.4) is 0 Å². The number of rotatable bonds is 6. The molecule has 150 valence electrons. The lowest BCUT2D eigenvalue weighted by Crippen LogP contribution is -2.23. The predicted molar refractivity (Wildman–Crippen MR) is 129 cm³/mol. The Balaban J connectivity index is 1.67. The Hall–Kier alpha value is -2.81. The van der Waals surface area contributed by atoms with Gasteiger partial charge in [0, 0.05) is 15.4 Å². The fourth-order valence-electron chi connectivity index (χ4n) is 2.60. The molecule has 0 aliphatic rings. The predicted octanol–water partition coefficient (Wildman–Crippen LogP) is 6.21. The summed E-state index contributed by atoms with van der Waals surface area (Å²) in [6.45, 7) is 0. The van der Waals surface area contributed by atoms with Crippen molar-refractivity contribution in [1.29, 1.82) is 0 Å². The molecule has 0 radical (unpaired) electrons. The van der Waals surface area contributed by atoms with Crippen LogP contribution in [0.25, 0.3) is 16.3 Å². The number of thiazole rings is 1. The minimum atomic E-state index is -0.272. The summed E-state index contributed by atoms with van der Waals surface area (Å²) in [4.78, 5) is 18.6. The van der Waals surface area contributed by atoms with E-state index in [2.05, 4.69) is 26.0 Å². The Morgan fingerprint density at radius 1 is 1.20 bits per heavy atom. The summed E-state index contributed by atoms with van der Waals surface area (Å²) in [7, 11) is 1.62. The van der Waals surface area contributed by atoms with Crippen molar-refractivity contribution in [2.75, 3.05) is 12.1 Å². The molecule has 0 spiro atoms. The maximum absolute atomic E-state index is 13.0. The van der Waals surface area contributed by atoms with Gasteiger partial charge in [0.15, 0.2) is 0 Å². The van der Waals surface area contributed by atoms with Gasteiger partial charge in [-0.1, -0.05) is 33.3 Å². The van der Waals surface area contributed by atoms with Crippen LogP contribution in [0.5, 0.6) is 5.75 Å². The molecule has 0 aliphatic heterocycles. The zero-order chi connectivity index (χ0) is 20.9. The van der Waals surface area contributed by atoms with E-state index in [1.54, 1.807) is 30.7 Å². The zero-order valence-electron chi connectivity index (χ0n) is 15.9. The molecular formula is C22H16BrN3O2S2. The standard InChI is InChI=1S/C22H16BrN3O2S2/c1-28-17-7-4-15(5-8-17)14-24-26(21(27)11-9-18-3-2-12-29-18)22-25-19-10-6-16(23)13-20(19)30-22/h2-14H,1H3/b11-9+,24-14+. The Morgan fingerprint density at radius 3 is 2.77 bits per heavy atom. The Morgan fingerprint density at radius 2 is 2.03 bits per heavy atom. The van der Waals surface area contributed by atoms with Crippen molar-refractivity contribution in [3.63, 3.8) is 0 Å². The number of benzene rings is 2. The van der Waals surface area contributed by atoms with Crippen molar-refractivity contribution < 1.29 is 9.53 Å². The third kappa shape index (κ3) is 4.84. The van der Waals surface area contributed by atoms with E-state index in [-0.39, 0.29) is 5.91 Å². The van der Waals surface area contributed by atoms with E-state index in [0.717, 1.165) is 30.9 Å². The molecule has 0 aliphatic carbocycles. The van der Waals surface area contributed by atoms with Crippen molar-refractivity contribution >= 4 is 72.1 Å². The van der Waals surface area contributed by atoms with Gasteiger partial charge in [0.2, 0.25) is 5.13 Å². The number of hydrazone groups is 1. The lowest BCUT2D eigenvalue weighted by atomic mass is 10.2. The average molecular weight is 498 g/mol. The lowest BCUT2D eigenvalue weighted by Gasteiger charge is -2.11. The Bertz CT molecular complexity index is 1220. The second-order valence-corrected chi connectivity index (χ2v) is 9.03. The Labute approximate surface area is 190 Å². The van der Waals surface area contributed by atoms with Gasteiger partial charge >= 0.3 is 0 Å². The molecule has 0 atom stereocenters. The first-order chi connectivity index (χ1) is 14.6. The number of carbonyl (C=O) groups excluding carboxylic acids is 1. The molecule has 2 aromatic heterocycles. The van der Waals surface area contributed by atoms with E-state index in [4.69, 9.17) is 4.74 Å². The van der Waals surface area contributed by atoms with Crippen LogP contribution in [0.15, 0.2) is 75.6 Å². The molecule has 4 rings (SSSR count). The number of halogens is 1. The number of amides is 1. The number of thiophene rings is 1. The van der Waals surface area contributed by atoms with E-state index < -0.39 is 0 Å². The van der Waals surface area contributed by atoms with Crippen LogP contribution in [-0.4, -0.2) is 24.2 Å². The van der Waals surface area contributed by atoms with Crippen molar-refractivity contribution in [1.82, 2.24) is 4.98 Å². The number of ether oxygens (including phenoxy) is 1. The first-order valence-electron chi connectivity index (χ1n) is 8.92. The summed E-state index contributed by atoms with van der Waals surface area (Å²) >= 11 is 6.45. The second-order valence-electron chi connectivity index (χ2n) is 6.13. The van der Waals surface area contributed by atoms with Crippen molar-refractivity contribution in [3.05, 3.63) is 81.0 Å². The molecular weight excluding hydrogens is 482 g/mol. The van der Waals surface area contributed by atoms with Crippen molar-refractivity contribution in [3.8, 4) is 5.75 Å². The Kier molecular flexibility index (Phi) is 6.37. The van der Waals surface area contributed by atoms with E-state index in [1.165, 1.54) is 22.4 Å². The highest BCUT2D eigenvalue weighted by Gasteiger charge is 2.17. The van der Waals surface area contributed by atoms with Crippen molar-refractivity contribution in [2.24, 2.45) is 5.10 Å². The maximum Gasteiger partial charge on any atom is 0.273 e. The zero-order valence-corrected chi connectivity index (χ0v) is 19.1. The molecule has 5 nitrogen and oxygen atoms in total. The van der Waals surface area contributed by atoms with Gasteiger partial charge in [0.1, 0.15) is 5.75 Å². The van der Waals surface area contributed by atoms with Crippen LogP contribution in [0.4, 0.5) is 5.13 Å². The van der Waals surface area contributed by atoms with Crippen LogP contribution < -0.4 is 9.75 Å². The summed E-state index contributed by atoms with van der Waals surface area (Å²) in [6, 6.07) is 17.2. The van der Waals surface area contributed by atoms with Crippen LogP contribution in [0, 0.1) is 0 Å².